The van der Waals surface area contributed by atoms with Crippen LogP contribution in [0.25, 0.3) is 0 Å². The van der Waals surface area contributed by atoms with Crippen molar-refractivity contribution in [1.29, 1.82) is 0 Å². The van der Waals surface area contributed by atoms with Crippen molar-refractivity contribution in [2.45, 2.75) is 20.0 Å². The summed E-state index contributed by atoms with van der Waals surface area (Å²) in [6, 6.07) is 11.7. The Balaban J connectivity index is 2.21. The van der Waals surface area contributed by atoms with Crippen molar-refractivity contribution in [3.63, 3.8) is 0 Å². The first-order chi connectivity index (χ1) is 9.04. The average molecular weight is 369 g/mol. The molecule has 0 atom stereocenters. The van der Waals surface area contributed by atoms with Gasteiger partial charge in [-0.3, -0.25) is 0 Å². The Morgan fingerprint density at radius 1 is 1.26 bits per heavy atom. The summed E-state index contributed by atoms with van der Waals surface area (Å²) in [4.78, 5) is 4.38. The molecule has 0 spiro atoms. The summed E-state index contributed by atoms with van der Waals surface area (Å²) < 4.78 is 6.73. The zero-order chi connectivity index (χ0) is 13.8. The van der Waals surface area contributed by atoms with Crippen LogP contribution < -0.4 is 15.8 Å². The van der Waals surface area contributed by atoms with E-state index in [-0.39, 0.29) is 6.10 Å². The van der Waals surface area contributed by atoms with Gasteiger partial charge in [0.2, 0.25) is 5.88 Å². The van der Waals surface area contributed by atoms with Crippen LogP contribution in [0.3, 0.4) is 0 Å². The Morgan fingerprint density at radius 2 is 2.05 bits per heavy atom. The number of benzene rings is 1. The van der Waals surface area contributed by atoms with Gasteiger partial charge in [0.25, 0.3) is 0 Å². The quantitative estimate of drug-likeness (QED) is 0.805. The predicted molar refractivity (Wildman–Crippen MR) is 86.9 cm³/mol. The molecule has 0 aliphatic heterocycles. The summed E-state index contributed by atoms with van der Waals surface area (Å²) >= 11 is 2.27. The van der Waals surface area contributed by atoms with Crippen LogP contribution >= 0.6 is 22.6 Å². The summed E-state index contributed by atoms with van der Waals surface area (Å²) in [6.07, 6.45) is 0.0442. The molecule has 19 heavy (non-hydrogen) atoms. The summed E-state index contributed by atoms with van der Waals surface area (Å²) in [5.74, 6) is 1.18. The molecule has 100 valence electrons. The molecule has 0 saturated carbocycles. The third kappa shape index (κ3) is 3.99. The lowest BCUT2D eigenvalue weighted by molar-refractivity contribution is 0.234. The van der Waals surface area contributed by atoms with Crippen molar-refractivity contribution in [3.05, 3.63) is 40.0 Å². The molecule has 1 aromatic heterocycles. The summed E-state index contributed by atoms with van der Waals surface area (Å²) in [6.45, 7) is 3.89. The standard InChI is InChI=1S/C14H16IN3O/c1-9(2)19-14-12(16)6-7-13(18-14)17-11-5-3-4-10(15)8-11/h3-9H,16H2,1-2H3,(H,17,18). The molecule has 0 aliphatic rings. The van der Waals surface area contributed by atoms with Crippen LogP contribution in [-0.2, 0) is 0 Å². The fraction of sp³-hybridized carbons (Fsp3) is 0.214. The van der Waals surface area contributed by atoms with E-state index in [0.29, 0.717) is 17.4 Å². The van der Waals surface area contributed by atoms with E-state index in [1.807, 2.05) is 44.2 Å². The molecule has 0 saturated heterocycles. The highest BCUT2D eigenvalue weighted by Gasteiger charge is 2.06. The minimum atomic E-state index is 0.0442. The van der Waals surface area contributed by atoms with Crippen LogP contribution in [0.15, 0.2) is 36.4 Å². The summed E-state index contributed by atoms with van der Waals surface area (Å²) in [5, 5.41) is 3.23. The van der Waals surface area contributed by atoms with Gasteiger partial charge >= 0.3 is 0 Å². The van der Waals surface area contributed by atoms with E-state index in [1.165, 1.54) is 0 Å². The molecule has 4 nitrogen and oxygen atoms in total. The lowest BCUT2D eigenvalue weighted by Crippen LogP contribution is -2.09. The van der Waals surface area contributed by atoms with Crippen molar-refractivity contribution in [1.82, 2.24) is 4.98 Å². The van der Waals surface area contributed by atoms with Crippen LogP contribution in [0.2, 0.25) is 0 Å². The molecular weight excluding hydrogens is 353 g/mol. The van der Waals surface area contributed by atoms with Crippen LogP contribution in [0.5, 0.6) is 5.88 Å². The van der Waals surface area contributed by atoms with E-state index in [2.05, 4.69) is 32.9 Å². The van der Waals surface area contributed by atoms with Gasteiger partial charge in [-0.25, -0.2) is 0 Å². The van der Waals surface area contributed by atoms with Gasteiger partial charge in [0.05, 0.1) is 11.8 Å². The number of ether oxygens (including phenoxy) is 1. The number of nitrogen functional groups attached to an aromatic ring is 1. The molecule has 0 bridgehead atoms. The molecule has 0 fully saturated rings. The minimum absolute atomic E-state index is 0.0442. The molecule has 5 heteroatoms. The van der Waals surface area contributed by atoms with Gasteiger partial charge < -0.3 is 15.8 Å². The lowest BCUT2D eigenvalue weighted by Gasteiger charge is -2.13. The van der Waals surface area contributed by atoms with E-state index < -0.39 is 0 Å². The van der Waals surface area contributed by atoms with E-state index >= 15 is 0 Å². The van der Waals surface area contributed by atoms with Crippen molar-refractivity contribution in [3.8, 4) is 5.88 Å². The first kappa shape index (κ1) is 13.9. The highest BCUT2D eigenvalue weighted by Crippen LogP contribution is 2.24. The molecule has 0 radical (unpaired) electrons. The second-order valence-electron chi connectivity index (χ2n) is 4.39. The molecule has 3 N–H and O–H groups in total. The third-order valence-corrected chi connectivity index (χ3v) is 3.01. The first-order valence-electron chi connectivity index (χ1n) is 6.00. The maximum atomic E-state index is 5.84. The number of nitrogens with zero attached hydrogens (tertiary/aromatic N) is 1. The number of anilines is 3. The molecular formula is C14H16IN3O. The van der Waals surface area contributed by atoms with Crippen LogP contribution in [0, 0.1) is 3.57 Å². The van der Waals surface area contributed by atoms with Gasteiger partial charge in [-0.1, -0.05) is 6.07 Å². The fourth-order valence-electron chi connectivity index (χ4n) is 1.55. The van der Waals surface area contributed by atoms with Gasteiger partial charge in [-0.15, -0.1) is 0 Å². The molecule has 2 aromatic rings. The van der Waals surface area contributed by atoms with Crippen LogP contribution in [-0.4, -0.2) is 11.1 Å². The Bertz CT molecular complexity index is 572. The largest absolute Gasteiger partial charge is 0.473 e. The lowest BCUT2D eigenvalue weighted by atomic mass is 10.3. The topological polar surface area (TPSA) is 60.2 Å². The SMILES string of the molecule is CC(C)Oc1nc(Nc2cccc(I)c2)ccc1N. The Morgan fingerprint density at radius 3 is 2.74 bits per heavy atom. The Kier molecular flexibility index (Phi) is 4.47. The van der Waals surface area contributed by atoms with Crippen molar-refractivity contribution >= 4 is 39.8 Å². The van der Waals surface area contributed by atoms with Crippen molar-refractivity contribution in [2.24, 2.45) is 0 Å². The second-order valence-corrected chi connectivity index (χ2v) is 5.64. The monoisotopic (exact) mass is 369 g/mol. The van der Waals surface area contributed by atoms with E-state index in [4.69, 9.17) is 10.5 Å². The molecule has 1 aromatic carbocycles. The molecule has 2 rings (SSSR count). The maximum absolute atomic E-state index is 5.84. The first-order valence-corrected chi connectivity index (χ1v) is 7.08. The number of pyridine rings is 1. The van der Waals surface area contributed by atoms with Gasteiger partial charge in [-0.2, -0.15) is 4.98 Å². The highest BCUT2D eigenvalue weighted by atomic mass is 127. The fourth-order valence-corrected chi connectivity index (χ4v) is 2.10. The summed E-state index contributed by atoms with van der Waals surface area (Å²) in [7, 11) is 0. The van der Waals surface area contributed by atoms with Gasteiger partial charge in [0.15, 0.2) is 0 Å². The van der Waals surface area contributed by atoms with Crippen molar-refractivity contribution in [2.75, 3.05) is 11.1 Å². The normalized spacial score (nSPS) is 10.5. The zero-order valence-corrected chi connectivity index (χ0v) is 13.0. The average Bonchev–Trinajstić information content (AvgIpc) is 2.33. The van der Waals surface area contributed by atoms with Crippen molar-refractivity contribution < 1.29 is 4.74 Å². The van der Waals surface area contributed by atoms with E-state index in [9.17, 15) is 0 Å². The Hall–Kier alpha value is -1.50. The van der Waals surface area contributed by atoms with Crippen LogP contribution in [0.4, 0.5) is 17.2 Å². The van der Waals surface area contributed by atoms with Gasteiger partial charge in [0.1, 0.15) is 5.82 Å². The second kappa shape index (κ2) is 6.10. The number of nitrogens with one attached hydrogen (secondary N) is 1. The number of nitrogens with two attached hydrogens (primary N) is 1. The zero-order valence-electron chi connectivity index (χ0n) is 10.9. The number of rotatable bonds is 4. The molecule has 1 heterocycles. The highest BCUT2D eigenvalue weighted by molar-refractivity contribution is 14.1. The predicted octanol–water partition coefficient (Wildman–Crippen LogP) is 3.80. The number of halogens is 1. The summed E-state index contributed by atoms with van der Waals surface area (Å²) in [5.41, 5.74) is 7.37. The minimum Gasteiger partial charge on any atom is -0.473 e. The Labute approximate surface area is 126 Å². The molecule has 0 aliphatic carbocycles. The van der Waals surface area contributed by atoms with Gasteiger partial charge in [0, 0.05) is 9.26 Å². The smallest absolute Gasteiger partial charge is 0.239 e. The van der Waals surface area contributed by atoms with E-state index in [0.717, 1.165) is 9.26 Å². The van der Waals surface area contributed by atoms with Crippen LogP contribution in [0.1, 0.15) is 13.8 Å². The van der Waals surface area contributed by atoms with Gasteiger partial charge in [-0.05, 0) is 66.8 Å². The number of hydrogen-bond donors (Lipinski definition) is 2. The maximum Gasteiger partial charge on any atom is 0.239 e. The number of hydrogen-bond acceptors (Lipinski definition) is 4. The van der Waals surface area contributed by atoms with E-state index in [1.54, 1.807) is 6.07 Å². The number of aromatic nitrogens is 1. The third-order valence-electron chi connectivity index (χ3n) is 2.33. The molecule has 0 amide bonds. The molecule has 0 unspecified atom stereocenters.